The molecular formula is C17H27N3O4. The molecule has 24 heavy (non-hydrogen) atoms. The van der Waals surface area contributed by atoms with Crippen molar-refractivity contribution >= 4 is 5.91 Å². The van der Waals surface area contributed by atoms with Gasteiger partial charge in [0.15, 0.2) is 0 Å². The van der Waals surface area contributed by atoms with E-state index in [4.69, 9.17) is 9.26 Å². The lowest BCUT2D eigenvalue weighted by molar-refractivity contribution is -0.0222. The molecule has 0 saturated carbocycles. The average Bonchev–Trinajstić information content (AvgIpc) is 2.87. The maximum Gasteiger partial charge on any atom is 0.259 e. The highest BCUT2D eigenvalue weighted by Gasteiger charge is 2.33. The number of rotatable bonds is 3. The third-order valence-corrected chi connectivity index (χ3v) is 5.12. The van der Waals surface area contributed by atoms with Crippen LogP contribution < -0.4 is 0 Å². The van der Waals surface area contributed by atoms with Crippen LogP contribution >= 0.6 is 0 Å². The van der Waals surface area contributed by atoms with Crippen LogP contribution in [0.4, 0.5) is 0 Å². The van der Waals surface area contributed by atoms with Crippen LogP contribution in [0.15, 0.2) is 4.52 Å². The van der Waals surface area contributed by atoms with Gasteiger partial charge < -0.3 is 19.3 Å². The molecule has 7 nitrogen and oxygen atoms in total. The van der Waals surface area contributed by atoms with Crippen molar-refractivity contribution in [1.82, 2.24) is 15.0 Å². The van der Waals surface area contributed by atoms with Crippen LogP contribution in [0.1, 0.15) is 41.6 Å². The summed E-state index contributed by atoms with van der Waals surface area (Å²) in [5.41, 5.74) is 1.31. The van der Waals surface area contributed by atoms with Gasteiger partial charge in [0.2, 0.25) is 0 Å². The van der Waals surface area contributed by atoms with Gasteiger partial charge in [-0.25, -0.2) is 0 Å². The number of aliphatic hydroxyl groups is 1. The quantitative estimate of drug-likeness (QED) is 0.881. The van der Waals surface area contributed by atoms with E-state index in [2.05, 4.69) is 10.1 Å². The van der Waals surface area contributed by atoms with Crippen LogP contribution in [0, 0.1) is 6.92 Å². The van der Waals surface area contributed by atoms with Gasteiger partial charge in [0.25, 0.3) is 5.91 Å². The SMILES string of the molecule is CCc1noc(C)c1C(=O)N1CC[C@H](O)[C@@H](N2CCOCC2)CC1. The molecule has 1 aromatic rings. The molecule has 2 aliphatic rings. The Morgan fingerprint density at radius 2 is 1.96 bits per heavy atom. The van der Waals surface area contributed by atoms with Gasteiger partial charge in [-0.15, -0.1) is 0 Å². The third kappa shape index (κ3) is 3.48. The minimum atomic E-state index is -0.407. The van der Waals surface area contributed by atoms with Gasteiger partial charge in [-0.3, -0.25) is 9.69 Å². The number of aromatic nitrogens is 1. The molecule has 1 aromatic heterocycles. The molecule has 2 aliphatic heterocycles. The summed E-state index contributed by atoms with van der Waals surface area (Å²) in [6, 6.07) is 0.0981. The topological polar surface area (TPSA) is 79.0 Å². The Morgan fingerprint density at radius 3 is 2.67 bits per heavy atom. The number of carbonyl (C=O) groups excluding carboxylic acids is 1. The number of likely N-dealkylation sites (tertiary alicyclic amines) is 1. The van der Waals surface area contributed by atoms with Crippen LogP contribution in [0.25, 0.3) is 0 Å². The number of aliphatic hydroxyl groups excluding tert-OH is 1. The van der Waals surface area contributed by atoms with E-state index < -0.39 is 6.10 Å². The summed E-state index contributed by atoms with van der Waals surface area (Å²) in [5.74, 6) is 0.548. The van der Waals surface area contributed by atoms with Crippen molar-refractivity contribution in [2.24, 2.45) is 0 Å². The number of amides is 1. The zero-order valence-corrected chi connectivity index (χ0v) is 14.5. The summed E-state index contributed by atoms with van der Waals surface area (Å²) in [5, 5.41) is 14.5. The molecule has 2 fully saturated rings. The van der Waals surface area contributed by atoms with Crippen molar-refractivity contribution in [2.75, 3.05) is 39.4 Å². The normalized spacial score (nSPS) is 26.4. The maximum absolute atomic E-state index is 12.9. The first-order valence-corrected chi connectivity index (χ1v) is 8.86. The largest absolute Gasteiger partial charge is 0.391 e. The maximum atomic E-state index is 12.9. The van der Waals surface area contributed by atoms with Crippen molar-refractivity contribution in [3.8, 4) is 0 Å². The van der Waals surface area contributed by atoms with Crippen molar-refractivity contribution in [2.45, 2.75) is 45.3 Å². The molecule has 134 valence electrons. The Bertz CT molecular complexity index is 568. The highest BCUT2D eigenvalue weighted by molar-refractivity contribution is 5.96. The highest BCUT2D eigenvalue weighted by Crippen LogP contribution is 2.22. The summed E-state index contributed by atoms with van der Waals surface area (Å²) in [7, 11) is 0. The molecule has 0 unspecified atom stereocenters. The monoisotopic (exact) mass is 337 g/mol. The van der Waals surface area contributed by atoms with Gasteiger partial charge in [0.05, 0.1) is 25.0 Å². The van der Waals surface area contributed by atoms with E-state index in [1.165, 1.54) is 0 Å². The van der Waals surface area contributed by atoms with E-state index in [1.54, 1.807) is 6.92 Å². The fraction of sp³-hybridized carbons (Fsp3) is 0.765. The smallest absolute Gasteiger partial charge is 0.259 e. The lowest BCUT2D eigenvalue weighted by atomic mass is 10.0. The molecule has 3 rings (SSSR count). The van der Waals surface area contributed by atoms with Crippen molar-refractivity contribution < 1.29 is 19.2 Å². The molecule has 0 radical (unpaired) electrons. The summed E-state index contributed by atoms with van der Waals surface area (Å²) in [6.45, 7) is 8.08. The Morgan fingerprint density at radius 1 is 1.25 bits per heavy atom. The van der Waals surface area contributed by atoms with Crippen LogP contribution in [0.3, 0.4) is 0 Å². The van der Waals surface area contributed by atoms with E-state index >= 15 is 0 Å². The van der Waals surface area contributed by atoms with Gasteiger partial charge >= 0.3 is 0 Å². The fourth-order valence-electron chi connectivity index (χ4n) is 3.70. The Balaban J connectivity index is 1.70. The summed E-state index contributed by atoms with van der Waals surface area (Å²) < 4.78 is 10.6. The second-order valence-electron chi connectivity index (χ2n) is 6.57. The molecule has 0 spiro atoms. The first-order chi connectivity index (χ1) is 11.6. The standard InChI is InChI=1S/C17H27N3O4/c1-3-13-16(12(2)24-18-13)17(22)20-6-4-14(15(21)5-7-20)19-8-10-23-11-9-19/h14-15,21H,3-11H2,1-2H3/t14-,15-/m0/s1. The number of carbonyl (C=O) groups is 1. The second-order valence-corrected chi connectivity index (χ2v) is 6.57. The minimum absolute atomic E-state index is 0.0274. The summed E-state index contributed by atoms with van der Waals surface area (Å²) in [4.78, 5) is 17.0. The molecule has 3 heterocycles. The van der Waals surface area contributed by atoms with Crippen LogP contribution in [0.5, 0.6) is 0 Å². The number of nitrogens with zero attached hydrogens (tertiary/aromatic N) is 3. The molecule has 0 aliphatic carbocycles. The van der Waals surface area contributed by atoms with E-state index in [9.17, 15) is 9.90 Å². The number of morpholine rings is 1. The predicted octanol–water partition coefficient (Wildman–Crippen LogP) is 0.843. The zero-order valence-electron chi connectivity index (χ0n) is 14.5. The lowest BCUT2D eigenvalue weighted by Gasteiger charge is -2.36. The van der Waals surface area contributed by atoms with Crippen molar-refractivity contribution in [3.63, 3.8) is 0 Å². The van der Waals surface area contributed by atoms with Gasteiger partial charge in [-0.1, -0.05) is 12.1 Å². The Kier molecular flexibility index (Phi) is 5.53. The number of hydrogen-bond donors (Lipinski definition) is 1. The highest BCUT2D eigenvalue weighted by atomic mass is 16.5. The molecule has 2 saturated heterocycles. The zero-order chi connectivity index (χ0) is 17.1. The molecule has 2 atom stereocenters. The fourth-order valence-corrected chi connectivity index (χ4v) is 3.70. The lowest BCUT2D eigenvalue weighted by Crippen LogP contribution is -2.49. The molecule has 0 bridgehead atoms. The molecule has 1 amide bonds. The third-order valence-electron chi connectivity index (χ3n) is 5.12. The molecule has 0 aromatic carbocycles. The van der Waals surface area contributed by atoms with Gasteiger partial charge in [0.1, 0.15) is 11.3 Å². The van der Waals surface area contributed by atoms with E-state index in [1.807, 2.05) is 11.8 Å². The first kappa shape index (κ1) is 17.4. The summed E-state index contributed by atoms with van der Waals surface area (Å²) >= 11 is 0. The Hall–Kier alpha value is -1.44. The Labute approximate surface area is 142 Å². The van der Waals surface area contributed by atoms with Gasteiger partial charge in [-0.05, 0) is 26.2 Å². The number of ether oxygens (including phenoxy) is 1. The first-order valence-electron chi connectivity index (χ1n) is 8.86. The van der Waals surface area contributed by atoms with E-state index in [0.29, 0.717) is 56.2 Å². The molecular weight excluding hydrogens is 310 g/mol. The second kappa shape index (κ2) is 7.63. The molecule has 7 heteroatoms. The number of hydrogen-bond acceptors (Lipinski definition) is 6. The van der Waals surface area contributed by atoms with Gasteiger partial charge in [0, 0.05) is 32.2 Å². The van der Waals surface area contributed by atoms with Crippen LogP contribution in [-0.2, 0) is 11.2 Å². The van der Waals surface area contributed by atoms with Crippen LogP contribution in [0.2, 0.25) is 0 Å². The van der Waals surface area contributed by atoms with Gasteiger partial charge in [-0.2, -0.15) is 0 Å². The minimum Gasteiger partial charge on any atom is -0.391 e. The van der Waals surface area contributed by atoms with E-state index in [0.717, 1.165) is 19.5 Å². The number of aryl methyl sites for hydroxylation is 2. The van der Waals surface area contributed by atoms with Crippen LogP contribution in [-0.4, -0.2) is 77.5 Å². The van der Waals surface area contributed by atoms with Crippen molar-refractivity contribution in [3.05, 3.63) is 17.0 Å². The summed E-state index contributed by atoms with van der Waals surface area (Å²) in [6.07, 6.45) is 1.64. The van der Waals surface area contributed by atoms with E-state index in [-0.39, 0.29) is 11.9 Å². The molecule has 1 N–H and O–H groups in total. The van der Waals surface area contributed by atoms with Crippen molar-refractivity contribution in [1.29, 1.82) is 0 Å². The predicted molar refractivity (Wildman–Crippen MR) is 87.9 cm³/mol. The average molecular weight is 337 g/mol.